The van der Waals surface area contributed by atoms with Crippen molar-refractivity contribution in [3.05, 3.63) is 52.7 Å². The zero-order chi connectivity index (χ0) is 18.4. The molecule has 0 radical (unpaired) electrons. The Morgan fingerprint density at radius 1 is 1.24 bits per heavy atom. The monoisotopic (exact) mass is 380 g/mol. The Kier molecular flexibility index (Phi) is 6.07. The van der Waals surface area contributed by atoms with E-state index in [4.69, 9.17) is 9.88 Å². The van der Waals surface area contributed by atoms with Crippen LogP contribution in [-0.2, 0) is 24.3 Å². The number of esters is 1. The number of ether oxygens (including phenoxy) is 1. The van der Waals surface area contributed by atoms with Crippen LogP contribution in [-0.4, -0.2) is 26.4 Å². The van der Waals surface area contributed by atoms with Gasteiger partial charge in [-0.25, -0.2) is 18.4 Å². The number of primary sulfonamides is 1. The molecular weight excluding hydrogens is 364 g/mol. The Bertz CT molecular complexity index is 872. The Balaban J connectivity index is 1.90. The third-order valence-corrected chi connectivity index (χ3v) is 4.70. The van der Waals surface area contributed by atoms with Gasteiger partial charge in [0.2, 0.25) is 10.0 Å². The second-order valence-corrected chi connectivity index (χ2v) is 7.37. The summed E-state index contributed by atoms with van der Waals surface area (Å²) in [4.78, 5) is 23.6. The zero-order valence-corrected chi connectivity index (χ0v) is 14.8. The molecule has 1 aromatic heterocycles. The number of hydrogen-bond donors (Lipinski definition) is 2. The van der Waals surface area contributed by atoms with Gasteiger partial charge in [-0.1, -0.05) is 0 Å². The summed E-state index contributed by atoms with van der Waals surface area (Å²) >= 11 is 1.50. The van der Waals surface area contributed by atoms with Crippen molar-refractivity contribution >= 4 is 45.0 Å². The fourth-order valence-electron chi connectivity index (χ4n) is 1.77. The van der Waals surface area contributed by atoms with E-state index in [1.807, 2.05) is 16.8 Å². The van der Waals surface area contributed by atoms with Crippen molar-refractivity contribution in [3.63, 3.8) is 0 Å². The molecule has 0 saturated heterocycles. The van der Waals surface area contributed by atoms with Gasteiger partial charge in [0.1, 0.15) is 0 Å². The van der Waals surface area contributed by atoms with Gasteiger partial charge < -0.3 is 10.1 Å². The molecule has 7 nitrogen and oxygen atoms in total. The fraction of sp³-hybridized carbons (Fsp3) is 0.125. The van der Waals surface area contributed by atoms with Gasteiger partial charge in [0.25, 0.3) is 5.91 Å². The molecule has 1 aromatic carbocycles. The third-order valence-electron chi connectivity index (χ3n) is 3.07. The Morgan fingerprint density at radius 2 is 1.92 bits per heavy atom. The first-order valence-electron chi connectivity index (χ1n) is 7.10. The average Bonchev–Trinajstić information content (AvgIpc) is 3.06. The highest BCUT2D eigenvalue weighted by atomic mass is 32.2. The molecule has 0 bridgehead atoms. The van der Waals surface area contributed by atoms with Crippen LogP contribution in [0, 0.1) is 0 Å². The largest absolute Gasteiger partial charge is 0.449 e. The standard InChI is InChI=1S/C16H16N2O5S2/c1-11(23-15(19)7-2-12-8-9-24-10-12)16(20)18-13-3-5-14(6-4-13)25(17,21)22/h2-11H,1H3,(H,18,20)(H2,17,21,22)/b7-2+/t11-/m1/s1. The Labute approximate surface area is 149 Å². The number of anilines is 1. The van der Waals surface area contributed by atoms with Crippen molar-refractivity contribution in [1.82, 2.24) is 0 Å². The number of thiophene rings is 1. The lowest BCUT2D eigenvalue weighted by Crippen LogP contribution is -2.29. The molecule has 0 aliphatic rings. The van der Waals surface area contributed by atoms with Gasteiger partial charge in [-0.2, -0.15) is 11.3 Å². The van der Waals surface area contributed by atoms with E-state index in [0.717, 1.165) is 5.56 Å². The fourth-order valence-corrected chi connectivity index (χ4v) is 2.92. The number of carbonyl (C=O) groups is 2. The first-order chi connectivity index (χ1) is 11.8. The summed E-state index contributed by atoms with van der Waals surface area (Å²) in [5, 5.41) is 11.3. The molecule has 9 heteroatoms. The van der Waals surface area contributed by atoms with Gasteiger partial charge >= 0.3 is 5.97 Å². The van der Waals surface area contributed by atoms with Gasteiger partial charge in [0.05, 0.1) is 4.90 Å². The van der Waals surface area contributed by atoms with Crippen LogP contribution in [0.1, 0.15) is 12.5 Å². The van der Waals surface area contributed by atoms with Crippen molar-refractivity contribution in [2.45, 2.75) is 17.9 Å². The lowest BCUT2D eigenvalue weighted by atomic mass is 10.3. The van der Waals surface area contributed by atoms with Crippen molar-refractivity contribution in [2.75, 3.05) is 5.32 Å². The number of sulfonamides is 1. The molecule has 0 saturated carbocycles. The van der Waals surface area contributed by atoms with Crippen molar-refractivity contribution in [3.8, 4) is 0 Å². The molecular formula is C16H16N2O5S2. The molecule has 0 unspecified atom stereocenters. The molecule has 1 atom stereocenters. The molecule has 2 rings (SSSR count). The van der Waals surface area contributed by atoms with Gasteiger partial charge in [-0.05, 0) is 59.7 Å². The summed E-state index contributed by atoms with van der Waals surface area (Å²) in [5.74, 6) is -1.18. The first kappa shape index (κ1) is 18.8. The molecule has 0 fully saturated rings. The molecule has 1 heterocycles. The minimum Gasteiger partial charge on any atom is -0.449 e. The predicted octanol–water partition coefficient (Wildman–Crippen LogP) is 1.98. The SMILES string of the molecule is C[C@@H](OC(=O)/C=C/c1ccsc1)C(=O)Nc1ccc(S(N)(=O)=O)cc1. The third kappa shape index (κ3) is 5.82. The van der Waals surface area contributed by atoms with E-state index in [1.165, 1.54) is 48.6 Å². The molecule has 0 aliphatic heterocycles. The van der Waals surface area contributed by atoms with Crippen LogP contribution >= 0.6 is 11.3 Å². The van der Waals surface area contributed by atoms with Crippen LogP contribution in [0.5, 0.6) is 0 Å². The number of rotatable bonds is 6. The maximum Gasteiger partial charge on any atom is 0.331 e. The number of benzene rings is 1. The van der Waals surface area contributed by atoms with Crippen molar-refractivity contribution < 1.29 is 22.7 Å². The zero-order valence-electron chi connectivity index (χ0n) is 13.2. The van der Waals surface area contributed by atoms with E-state index < -0.39 is 28.0 Å². The number of amides is 1. The lowest BCUT2D eigenvalue weighted by Gasteiger charge is -2.12. The summed E-state index contributed by atoms with van der Waals surface area (Å²) < 4.78 is 27.3. The van der Waals surface area contributed by atoms with Crippen LogP contribution in [0.2, 0.25) is 0 Å². The van der Waals surface area contributed by atoms with Crippen LogP contribution in [0.4, 0.5) is 5.69 Å². The maximum absolute atomic E-state index is 12.0. The van der Waals surface area contributed by atoms with E-state index in [2.05, 4.69) is 5.32 Å². The number of hydrogen-bond acceptors (Lipinski definition) is 6. The van der Waals surface area contributed by atoms with Gasteiger partial charge in [-0.15, -0.1) is 0 Å². The van der Waals surface area contributed by atoms with Crippen LogP contribution in [0.25, 0.3) is 6.08 Å². The van der Waals surface area contributed by atoms with E-state index in [0.29, 0.717) is 5.69 Å². The summed E-state index contributed by atoms with van der Waals surface area (Å²) in [6, 6.07) is 7.16. The molecule has 132 valence electrons. The topological polar surface area (TPSA) is 116 Å². The average molecular weight is 380 g/mol. The lowest BCUT2D eigenvalue weighted by molar-refractivity contribution is -0.148. The van der Waals surface area contributed by atoms with Crippen molar-refractivity contribution in [1.29, 1.82) is 0 Å². The van der Waals surface area contributed by atoms with Gasteiger partial charge in [0.15, 0.2) is 6.10 Å². The van der Waals surface area contributed by atoms with E-state index >= 15 is 0 Å². The second kappa shape index (κ2) is 8.06. The quantitative estimate of drug-likeness (QED) is 0.587. The normalized spacial score (nSPS) is 12.7. The van der Waals surface area contributed by atoms with Crippen LogP contribution < -0.4 is 10.5 Å². The summed E-state index contributed by atoms with van der Waals surface area (Å²) in [6.45, 7) is 1.43. The minimum atomic E-state index is -3.79. The highest BCUT2D eigenvalue weighted by Crippen LogP contribution is 2.13. The Hall–Kier alpha value is -2.49. The smallest absolute Gasteiger partial charge is 0.331 e. The highest BCUT2D eigenvalue weighted by Gasteiger charge is 2.17. The van der Waals surface area contributed by atoms with Crippen molar-refractivity contribution in [2.24, 2.45) is 5.14 Å². The minimum absolute atomic E-state index is 0.0662. The molecule has 2 aromatic rings. The summed E-state index contributed by atoms with van der Waals surface area (Å²) in [7, 11) is -3.79. The van der Waals surface area contributed by atoms with Gasteiger partial charge in [0, 0.05) is 11.8 Å². The van der Waals surface area contributed by atoms with E-state index in [-0.39, 0.29) is 4.90 Å². The number of carbonyl (C=O) groups excluding carboxylic acids is 2. The Morgan fingerprint density at radius 3 is 2.48 bits per heavy atom. The second-order valence-electron chi connectivity index (χ2n) is 5.03. The summed E-state index contributed by atoms with van der Waals surface area (Å²) in [6.07, 6.45) is 1.82. The maximum atomic E-state index is 12.0. The molecule has 25 heavy (non-hydrogen) atoms. The number of nitrogens with one attached hydrogen (secondary N) is 1. The van der Waals surface area contributed by atoms with E-state index in [1.54, 1.807) is 6.08 Å². The van der Waals surface area contributed by atoms with E-state index in [9.17, 15) is 18.0 Å². The first-order valence-corrected chi connectivity index (χ1v) is 9.59. The van der Waals surface area contributed by atoms with Crippen LogP contribution in [0.15, 0.2) is 52.1 Å². The number of nitrogens with two attached hydrogens (primary N) is 1. The molecule has 0 aliphatic carbocycles. The van der Waals surface area contributed by atoms with Crippen LogP contribution in [0.3, 0.4) is 0 Å². The molecule has 1 amide bonds. The molecule has 3 N–H and O–H groups in total. The predicted molar refractivity (Wildman–Crippen MR) is 95.4 cm³/mol. The highest BCUT2D eigenvalue weighted by molar-refractivity contribution is 7.89. The summed E-state index contributed by atoms with van der Waals surface area (Å²) in [5.41, 5.74) is 1.23. The van der Waals surface area contributed by atoms with Gasteiger partial charge in [-0.3, -0.25) is 4.79 Å². The molecule has 0 spiro atoms.